The van der Waals surface area contributed by atoms with Gasteiger partial charge in [0.25, 0.3) is 5.91 Å². The Hall–Kier alpha value is -2.89. The summed E-state index contributed by atoms with van der Waals surface area (Å²) >= 11 is 0. The number of methoxy groups -OCH3 is 1. The molecule has 0 spiro atoms. The quantitative estimate of drug-likeness (QED) is 0.657. The molecule has 0 radical (unpaired) electrons. The number of rotatable bonds is 4. The normalized spacial score (nSPS) is 9.85. The van der Waals surface area contributed by atoms with Gasteiger partial charge in [0.1, 0.15) is 5.69 Å². The molecule has 1 amide bonds. The second kappa shape index (κ2) is 5.83. The molecule has 2 N–H and O–H groups in total. The van der Waals surface area contributed by atoms with Gasteiger partial charge in [-0.15, -0.1) is 0 Å². The predicted molar refractivity (Wildman–Crippen MR) is 71.9 cm³/mol. The van der Waals surface area contributed by atoms with Crippen LogP contribution in [0, 0.1) is 0 Å². The van der Waals surface area contributed by atoms with Crippen molar-refractivity contribution in [1.29, 1.82) is 0 Å². The Bertz CT molecular complexity index is 643. The lowest BCUT2D eigenvalue weighted by atomic mass is 10.2. The average molecular weight is 272 g/mol. The van der Waals surface area contributed by atoms with Crippen molar-refractivity contribution < 1.29 is 19.1 Å². The van der Waals surface area contributed by atoms with Crippen LogP contribution in [0.15, 0.2) is 36.4 Å². The highest BCUT2D eigenvalue weighted by Gasteiger charge is 2.09. The fourth-order valence-corrected chi connectivity index (χ4v) is 1.62. The van der Waals surface area contributed by atoms with Crippen LogP contribution in [0.1, 0.15) is 31.3 Å². The Kier molecular flexibility index (Phi) is 3.95. The van der Waals surface area contributed by atoms with Gasteiger partial charge in [0.05, 0.1) is 18.4 Å². The van der Waals surface area contributed by atoms with Gasteiger partial charge in [-0.3, -0.25) is 9.59 Å². The standard InChI is InChI=1S/C14H12N2O4/c1-20-14(19)9-2-4-10(5-3-9)16-13(18)12-7-6-11(8-17)15-12/h2-8,15H,1H3,(H,16,18). The zero-order chi connectivity index (χ0) is 14.5. The Balaban J connectivity index is 2.08. The van der Waals surface area contributed by atoms with Crippen molar-refractivity contribution in [3.05, 3.63) is 53.3 Å². The Labute approximate surface area is 114 Å². The third-order valence-electron chi connectivity index (χ3n) is 2.64. The summed E-state index contributed by atoms with van der Waals surface area (Å²) < 4.78 is 4.58. The summed E-state index contributed by atoms with van der Waals surface area (Å²) in [6.07, 6.45) is 0.627. The molecule has 1 aromatic carbocycles. The monoisotopic (exact) mass is 272 g/mol. The first kappa shape index (κ1) is 13.5. The minimum absolute atomic E-state index is 0.282. The van der Waals surface area contributed by atoms with Gasteiger partial charge in [0.2, 0.25) is 0 Å². The number of hydrogen-bond donors (Lipinski definition) is 2. The maximum atomic E-state index is 11.9. The molecular weight excluding hydrogens is 260 g/mol. The fourth-order valence-electron chi connectivity index (χ4n) is 1.62. The van der Waals surface area contributed by atoms with Crippen LogP contribution in [0.4, 0.5) is 5.69 Å². The lowest BCUT2D eigenvalue weighted by molar-refractivity contribution is 0.0600. The van der Waals surface area contributed by atoms with Crippen molar-refractivity contribution in [2.45, 2.75) is 0 Å². The van der Waals surface area contributed by atoms with Gasteiger partial charge < -0.3 is 15.0 Å². The van der Waals surface area contributed by atoms with E-state index in [0.29, 0.717) is 23.2 Å². The zero-order valence-corrected chi connectivity index (χ0v) is 10.7. The molecule has 102 valence electrons. The Morgan fingerprint density at radius 1 is 1.15 bits per heavy atom. The molecule has 2 aromatic rings. The summed E-state index contributed by atoms with van der Waals surface area (Å²) in [4.78, 5) is 36.3. The lowest BCUT2D eigenvalue weighted by Gasteiger charge is -2.04. The van der Waals surface area contributed by atoms with E-state index in [9.17, 15) is 14.4 Å². The van der Waals surface area contributed by atoms with Crippen LogP contribution >= 0.6 is 0 Å². The predicted octanol–water partition coefficient (Wildman–Crippen LogP) is 1.87. The molecular formula is C14H12N2O4. The van der Waals surface area contributed by atoms with E-state index < -0.39 is 5.97 Å². The van der Waals surface area contributed by atoms with Crippen molar-refractivity contribution in [2.24, 2.45) is 0 Å². The number of H-pyrrole nitrogens is 1. The van der Waals surface area contributed by atoms with E-state index in [2.05, 4.69) is 15.0 Å². The Morgan fingerprint density at radius 3 is 2.40 bits per heavy atom. The van der Waals surface area contributed by atoms with Crippen LogP contribution in [0.25, 0.3) is 0 Å². The van der Waals surface area contributed by atoms with Crippen molar-refractivity contribution in [1.82, 2.24) is 4.98 Å². The number of benzene rings is 1. The van der Waals surface area contributed by atoms with Crippen LogP contribution in [0.5, 0.6) is 0 Å². The number of hydrogen-bond acceptors (Lipinski definition) is 4. The highest BCUT2D eigenvalue weighted by atomic mass is 16.5. The van der Waals surface area contributed by atoms with Gasteiger partial charge in [0.15, 0.2) is 6.29 Å². The summed E-state index contributed by atoms with van der Waals surface area (Å²) in [5, 5.41) is 2.64. The molecule has 0 aliphatic rings. The Morgan fingerprint density at radius 2 is 1.85 bits per heavy atom. The van der Waals surface area contributed by atoms with Crippen LogP contribution in [-0.2, 0) is 4.74 Å². The van der Waals surface area contributed by atoms with Gasteiger partial charge in [0, 0.05) is 5.69 Å². The number of anilines is 1. The number of aromatic amines is 1. The van der Waals surface area contributed by atoms with Crippen LogP contribution in [0.2, 0.25) is 0 Å². The molecule has 0 bridgehead atoms. The molecule has 0 unspecified atom stereocenters. The lowest BCUT2D eigenvalue weighted by Crippen LogP contribution is -2.12. The SMILES string of the molecule is COC(=O)c1ccc(NC(=O)c2ccc(C=O)[nH]2)cc1. The first-order chi connectivity index (χ1) is 9.63. The average Bonchev–Trinajstić information content (AvgIpc) is 2.96. The van der Waals surface area contributed by atoms with Crippen LogP contribution < -0.4 is 5.32 Å². The number of amides is 1. The van der Waals surface area contributed by atoms with E-state index in [1.165, 1.54) is 19.2 Å². The van der Waals surface area contributed by atoms with Crippen molar-refractivity contribution >= 4 is 23.9 Å². The summed E-state index contributed by atoms with van der Waals surface area (Å²) in [6.45, 7) is 0. The van der Waals surface area contributed by atoms with Gasteiger partial charge in [-0.25, -0.2) is 4.79 Å². The number of carbonyl (C=O) groups excluding carboxylic acids is 3. The fraction of sp³-hybridized carbons (Fsp3) is 0.0714. The second-order valence-electron chi connectivity index (χ2n) is 3.97. The van der Waals surface area contributed by atoms with Gasteiger partial charge in [-0.05, 0) is 36.4 Å². The minimum Gasteiger partial charge on any atom is -0.465 e. The summed E-state index contributed by atoms with van der Waals surface area (Å²) in [6, 6.07) is 9.31. The van der Waals surface area contributed by atoms with Gasteiger partial charge in [-0.2, -0.15) is 0 Å². The van der Waals surface area contributed by atoms with Gasteiger partial charge >= 0.3 is 5.97 Å². The van der Waals surface area contributed by atoms with Crippen molar-refractivity contribution in [3.63, 3.8) is 0 Å². The van der Waals surface area contributed by atoms with Crippen LogP contribution in [0.3, 0.4) is 0 Å². The minimum atomic E-state index is -0.442. The first-order valence-electron chi connectivity index (χ1n) is 5.78. The number of aldehydes is 1. The molecule has 0 saturated carbocycles. The second-order valence-corrected chi connectivity index (χ2v) is 3.97. The molecule has 0 atom stereocenters. The molecule has 0 aliphatic carbocycles. The number of aromatic nitrogens is 1. The number of nitrogens with one attached hydrogen (secondary N) is 2. The molecule has 0 aliphatic heterocycles. The molecule has 1 aromatic heterocycles. The summed E-state index contributed by atoms with van der Waals surface area (Å²) in [7, 11) is 1.30. The third kappa shape index (κ3) is 2.92. The van der Waals surface area contributed by atoms with E-state index in [4.69, 9.17) is 0 Å². The molecule has 0 fully saturated rings. The van der Waals surface area contributed by atoms with E-state index in [0.717, 1.165) is 0 Å². The van der Waals surface area contributed by atoms with Crippen molar-refractivity contribution in [2.75, 3.05) is 12.4 Å². The smallest absolute Gasteiger partial charge is 0.337 e. The largest absolute Gasteiger partial charge is 0.465 e. The molecule has 2 rings (SSSR count). The molecule has 1 heterocycles. The number of esters is 1. The van der Waals surface area contributed by atoms with Crippen LogP contribution in [-0.4, -0.2) is 30.3 Å². The highest BCUT2D eigenvalue weighted by Crippen LogP contribution is 2.12. The number of carbonyl (C=O) groups is 3. The maximum Gasteiger partial charge on any atom is 0.337 e. The summed E-state index contributed by atoms with van der Waals surface area (Å²) in [5.74, 6) is -0.813. The van der Waals surface area contributed by atoms with Gasteiger partial charge in [-0.1, -0.05) is 0 Å². The third-order valence-corrected chi connectivity index (χ3v) is 2.64. The zero-order valence-electron chi connectivity index (χ0n) is 10.7. The molecule has 6 heteroatoms. The van der Waals surface area contributed by atoms with E-state index in [1.54, 1.807) is 24.3 Å². The van der Waals surface area contributed by atoms with E-state index >= 15 is 0 Å². The molecule has 6 nitrogen and oxygen atoms in total. The summed E-state index contributed by atoms with van der Waals surface area (Å²) in [5.41, 5.74) is 1.54. The first-order valence-corrected chi connectivity index (χ1v) is 5.78. The molecule has 20 heavy (non-hydrogen) atoms. The molecule has 0 saturated heterocycles. The van der Waals surface area contributed by atoms with E-state index in [-0.39, 0.29) is 11.6 Å². The van der Waals surface area contributed by atoms with E-state index in [1.807, 2.05) is 0 Å². The highest BCUT2D eigenvalue weighted by molar-refractivity contribution is 6.03. The topological polar surface area (TPSA) is 88.3 Å². The maximum absolute atomic E-state index is 11.9. The van der Waals surface area contributed by atoms with Crippen molar-refractivity contribution in [3.8, 4) is 0 Å². The number of ether oxygens (including phenoxy) is 1.